The fraction of sp³-hybridized carbons (Fsp3) is 0.600. The lowest BCUT2D eigenvalue weighted by Gasteiger charge is -2.18. The highest BCUT2D eigenvalue weighted by Crippen LogP contribution is 2.28. The Morgan fingerprint density at radius 1 is 1.28 bits per heavy atom. The molecule has 3 heteroatoms. The standard InChI is InChI=1S/C15H24ClNO/c1-4-6-10-18-15-8-7-13(16)11-14(15)12(3)17-9-5-2/h7-8,11-12,17H,4-6,9-10H2,1-3H3. The largest absolute Gasteiger partial charge is 0.493 e. The molecule has 1 atom stereocenters. The molecule has 0 amide bonds. The van der Waals surface area contributed by atoms with Crippen LogP contribution >= 0.6 is 11.6 Å². The van der Waals surface area contributed by atoms with E-state index in [1.54, 1.807) is 0 Å². The van der Waals surface area contributed by atoms with Crippen LogP contribution in [0.15, 0.2) is 18.2 Å². The number of nitrogens with one attached hydrogen (secondary N) is 1. The minimum absolute atomic E-state index is 0.264. The summed E-state index contributed by atoms with van der Waals surface area (Å²) in [6.07, 6.45) is 3.35. The van der Waals surface area contributed by atoms with Gasteiger partial charge in [0.05, 0.1) is 6.61 Å². The van der Waals surface area contributed by atoms with Gasteiger partial charge in [0.15, 0.2) is 0 Å². The minimum Gasteiger partial charge on any atom is -0.493 e. The van der Waals surface area contributed by atoms with E-state index in [1.165, 1.54) is 0 Å². The molecule has 0 radical (unpaired) electrons. The lowest BCUT2D eigenvalue weighted by Crippen LogP contribution is -2.20. The Hall–Kier alpha value is -0.730. The molecule has 1 aromatic carbocycles. The summed E-state index contributed by atoms with van der Waals surface area (Å²) >= 11 is 6.07. The SMILES string of the molecule is CCCCOc1ccc(Cl)cc1C(C)NCCC. The zero-order valence-corrected chi connectivity index (χ0v) is 12.4. The van der Waals surface area contributed by atoms with Crippen LogP contribution in [0.2, 0.25) is 5.02 Å². The molecular weight excluding hydrogens is 246 g/mol. The normalized spacial score (nSPS) is 12.4. The Morgan fingerprint density at radius 2 is 2.06 bits per heavy atom. The molecule has 102 valence electrons. The molecule has 2 nitrogen and oxygen atoms in total. The van der Waals surface area contributed by atoms with Crippen LogP contribution in [0.25, 0.3) is 0 Å². The van der Waals surface area contributed by atoms with Crippen molar-refractivity contribution in [3.8, 4) is 5.75 Å². The predicted molar refractivity (Wildman–Crippen MR) is 78.6 cm³/mol. The minimum atomic E-state index is 0.264. The van der Waals surface area contributed by atoms with E-state index in [-0.39, 0.29) is 6.04 Å². The van der Waals surface area contributed by atoms with Crippen LogP contribution < -0.4 is 10.1 Å². The van der Waals surface area contributed by atoms with E-state index in [4.69, 9.17) is 16.3 Å². The molecular formula is C15H24ClNO. The second kappa shape index (κ2) is 8.39. The number of benzene rings is 1. The van der Waals surface area contributed by atoms with Gasteiger partial charge in [-0.25, -0.2) is 0 Å². The van der Waals surface area contributed by atoms with Crippen LogP contribution in [0.3, 0.4) is 0 Å². The quantitative estimate of drug-likeness (QED) is 0.698. The van der Waals surface area contributed by atoms with Gasteiger partial charge < -0.3 is 10.1 Å². The average molecular weight is 270 g/mol. The van der Waals surface area contributed by atoms with Gasteiger partial charge >= 0.3 is 0 Å². The van der Waals surface area contributed by atoms with Gasteiger partial charge in [-0.05, 0) is 44.5 Å². The van der Waals surface area contributed by atoms with Crippen LogP contribution in [-0.4, -0.2) is 13.2 Å². The van der Waals surface area contributed by atoms with Crippen molar-refractivity contribution >= 4 is 11.6 Å². The summed E-state index contributed by atoms with van der Waals surface area (Å²) in [5, 5.41) is 4.23. The lowest BCUT2D eigenvalue weighted by atomic mass is 10.1. The lowest BCUT2D eigenvalue weighted by molar-refractivity contribution is 0.303. The third-order valence-corrected chi connectivity index (χ3v) is 3.13. The number of hydrogen-bond acceptors (Lipinski definition) is 2. The van der Waals surface area contributed by atoms with Gasteiger partial charge in [0.25, 0.3) is 0 Å². The molecule has 0 fully saturated rings. The highest BCUT2D eigenvalue weighted by molar-refractivity contribution is 6.30. The summed E-state index contributed by atoms with van der Waals surface area (Å²) in [5.74, 6) is 0.948. The van der Waals surface area contributed by atoms with Crippen LogP contribution in [0.1, 0.15) is 51.6 Å². The summed E-state index contributed by atoms with van der Waals surface area (Å²) in [5.41, 5.74) is 1.15. The van der Waals surface area contributed by atoms with Crippen molar-refractivity contribution in [3.63, 3.8) is 0 Å². The maximum absolute atomic E-state index is 6.07. The maximum Gasteiger partial charge on any atom is 0.124 e. The van der Waals surface area contributed by atoms with Crippen LogP contribution in [0.5, 0.6) is 5.75 Å². The maximum atomic E-state index is 6.07. The highest BCUT2D eigenvalue weighted by atomic mass is 35.5. The van der Waals surface area contributed by atoms with Crippen LogP contribution in [0, 0.1) is 0 Å². The summed E-state index contributed by atoms with van der Waals surface area (Å²) in [6.45, 7) is 8.25. The molecule has 1 N–H and O–H groups in total. The van der Waals surface area contributed by atoms with E-state index >= 15 is 0 Å². The van der Waals surface area contributed by atoms with Crippen molar-refractivity contribution in [2.75, 3.05) is 13.2 Å². The molecule has 1 rings (SSSR count). The van der Waals surface area contributed by atoms with Crippen molar-refractivity contribution in [2.24, 2.45) is 0 Å². The fourth-order valence-corrected chi connectivity index (χ4v) is 1.97. The molecule has 0 heterocycles. The van der Waals surface area contributed by atoms with Gasteiger partial charge in [0, 0.05) is 16.6 Å². The zero-order chi connectivity index (χ0) is 13.4. The molecule has 0 bridgehead atoms. The second-order valence-electron chi connectivity index (χ2n) is 4.56. The van der Waals surface area contributed by atoms with E-state index < -0.39 is 0 Å². The third kappa shape index (κ3) is 4.87. The van der Waals surface area contributed by atoms with E-state index in [1.807, 2.05) is 18.2 Å². The third-order valence-electron chi connectivity index (χ3n) is 2.89. The molecule has 0 spiro atoms. The average Bonchev–Trinajstić information content (AvgIpc) is 2.38. The Bertz CT molecular complexity index is 354. The van der Waals surface area contributed by atoms with Gasteiger partial charge in [-0.3, -0.25) is 0 Å². The molecule has 0 saturated carbocycles. The van der Waals surface area contributed by atoms with Crippen molar-refractivity contribution < 1.29 is 4.74 Å². The van der Waals surface area contributed by atoms with Gasteiger partial charge in [-0.1, -0.05) is 31.9 Å². The molecule has 1 aromatic rings. The highest BCUT2D eigenvalue weighted by Gasteiger charge is 2.11. The fourth-order valence-electron chi connectivity index (χ4n) is 1.79. The van der Waals surface area contributed by atoms with Gasteiger partial charge in [0.2, 0.25) is 0 Å². The number of hydrogen-bond donors (Lipinski definition) is 1. The van der Waals surface area contributed by atoms with Crippen molar-refractivity contribution in [3.05, 3.63) is 28.8 Å². The second-order valence-corrected chi connectivity index (χ2v) is 5.00. The molecule has 18 heavy (non-hydrogen) atoms. The number of halogens is 1. The monoisotopic (exact) mass is 269 g/mol. The summed E-state index contributed by atoms with van der Waals surface area (Å²) in [7, 11) is 0. The summed E-state index contributed by atoms with van der Waals surface area (Å²) in [4.78, 5) is 0. The molecule has 0 aromatic heterocycles. The van der Waals surface area contributed by atoms with Crippen LogP contribution in [-0.2, 0) is 0 Å². The predicted octanol–water partition coefficient (Wildman–Crippen LogP) is 4.58. The first-order valence-corrected chi connectivity index (χ1v) is 7.22. The van der Waals surface area contributed by atoms with Gasteiger partial charge in [-0.15, -0.1) is 0 Å². The Labute approximate surface area is 116 Å². The van der Waals surface area contributed by atoms with E-state index in [9.17, 15) is 0 Å². The van der Waals surface area contributed by atoms with E-state index in [2.05, 4.69) is 26.1 Å². The smallest absolute Gasteiger partial charge is 0.124 e. The molecule has 0 saturated heterocycles. The first kappa shape index (κ1) is 15.3. The Kier molecular flexibility index (Phi) is 7.14. The zero-order valence-electron chi connectivity index (χ0n) is 11.6. The Balaban J connectivity index is 2.75. The molecule has 0 aliphatic rings. The van der Waals surface area contributed by atoms with E-state index in [0.29, 0.717) is 0 Å². The van der Waals surface area contributed by atoms with Crippen molar-refractivity contribution in [2.45, 2.75) is 46.1 Å². The number of ether oxygens (including phenoxy) is 1. The van der Waals surface area contributed by atoms with Gasteiger partial charge in [-0.2, -0.15) is 0 Å². The number of unbranched alkanes of at least 4 members (excludes halogenated alkanes) is 1. The van der Waals surface area contributed by atoms with Crippen LogP contribution in [0.4, 0.5) is 0 Å². The molecule has 0 aliphatic carbocycles. The van der Waals surface area contributed by atoms with Crippen molar-refractivity contribution in [1.29, 1.82) is 0 Å². The first-order chi connectivity index (χ1) is 8.69. The first-order valence-electron chi connectivity index (χ1n) is 6.84. The Morgan fingerprint density at radius 3 is 2.72 bits per heavy atom. The van der Waals surface area contributed by atoms with E-state index in [0.717, 1.165) is 48.7 Å². The topological polar surface area (TPSA) is 21.3 Å². The summed E-state index contributed by atoms with van der Waals surface area (Å²) in [6, 6.07) is 6.12. The summed E-state index contributed by atoms with van der Waals surface area (Å²) < 4.78 is 5.84. The number of rotatable bonds is 8. The van der Waals surface area contributed by atoms with Crippen molar-refractivity contribution in [1.82, 2.24) is 5.32 Å². The van der Waals surface area contributed by atoms with Gasteiger partial charge in [0.1, 0.15) is 5.75 Å². The molecule has 0 aliphatic heterocycles. The molecule has 1 unspecified atom stereocenters.